The lowest BCUT2D eigenvalue weighted by molar-refractivity contribution is 0.374. The van der Waals surface area contributed by atoms with Crippen LogP contribution >= 0.6 is 23.4 Å². The summed E-state index contributed by atoms with van der Waals surface area (Å²) in [5.74, 6) is 0.672. The van der Waals surface area contributed by atoms with Crippen LogP contribution in [0.3, 0.4) is 0 Å². The minimum Gasteiger partial charge on any atom is -0.381 e. The highest BCUT2D eigenvalue weighted by Gasteiger charge is 2.30. The topological polar surface area (TPSA) is 12.0 Å². The van der Waals surface area contributed by atoms with Gasteiger partial charge in [-0.3, -0.25) is 0 Å². The van der Waals surface area contributed by atoms with Gasteiger partial charge in [-0.1, -0.05) is 35.9 Å². The molecule has 20 heavy (non-hydrogen) atoms. The smallest absolute Gasteiger partial charge is 0.0480 e. The third kappa shape index (κ3) is 2.97. The predicted molar refractivity (Wildman–Crippen MR) is 89.1 cm³/mol. The van der Waals surface area contributed by atoms with Gasteiger partial charge in [0.25, 0.3) is 0 Å². The Bertz CT molecular complexity index is 576. The molecule has 1 fully saturated rings. The summed E-state index contributed by atoms with van der Waals surface area (Å²) in [6, 6.07) is 17.4. The maximum absolute atomic E-state index is 5.93. The minimum absolute atomic E-state index is 0.587. The molecule has 0 aliphatic heterocycles. The molecule has 0 saturated heterocycles. The van der Waals surface area contributed by atoms with Crippen molar-refractivity contribution in [1.29, 1.82) is 0 Å². The Balaban J connectivity index is 1.59. The van der Waals surface area contributed by atoms with E-state index in [1.807, 2.05) is 12.1 Å². The van der Waals surface area contributed by atoms with Crippen molar-refractivity contribution in [3.05, 3.63) is 59.1 Å². The first-order valence-electron chi connectivity index (χ1n) is 6.91. The zero-order valence-corrected chi connectivity index (χ0v) is 13.0. The molecule has 0 spiro atoms. The molecule has 2 aromatic carbocycles. The van der Waals surface area contributed by atoms with E-state index in [1.54, 1.807) is 11.8 Å². The number of hydrogen-bond donors (Lipinski definition) is 1. The van der Waals surface area contributed by atoms with Crippen LogP contribution in [-0.4, -0.2) is 12.3 Å². The van der Waals surface area contributed by atoms with Gasteiger partial charge in [0, 0.05) is 21.6 Å². The third-order valence-corrected chi connectivity index (χ3v) is 4.99. The van der Waals surface area contributed by atoms with Gasteiger partial charge >= 0.3 is 0 Å². The summed E-state index contributed by atoms with van der Waals surface area (Å²) in [7, 11) is 0. The van der Waals surface area contributed by atoms with Crippen LogP contribution in [0.15, 0.2) is 53.4 Å². The highest BCUT2D eigenvalue weighted by Crippen LogP contribution is 2.39. The Morgan fingerprint density at radius 2 is 1.75 bits per heavy atom. The highest BCUT2D eigenvalue weighted by molar-refractivity contribution is 7.98. The second-order valence-electron chi connectivity index (χ2n) is 5.26. The molecule has 0 aromatic heterocycles. The molecule has 1 aliphatic carbocycles. The summed E-state index contributed by atoms with van der Waals surface area (Å²) in [4.78, 5) is 1.32. The van der Waals surface area contributed by atoms with Crippen LogP contribution < -0.4 is 5.32 Å². The van der Waals surface area contributed by atoms with E-state index in [4.69, 9.17) is 11.6 Å². The maximum Gasteiger partial charge on any atom is 0.0480 e. The van der Waals surface area contributed by atoms with Gasteiger partial charge in [0.2, 0.25) is 0 Å². The van der Waals surface area contributed by atoms with Gasteiger partial charge in [0.1, 0.15) is 0 Å². The van der Waals surface area contributed by atoms with Crippen molar-refractivity contribution in [3.8, 4) is 0 Å². The summed E-state index contributed by atoms with van der Waals surface area (Å²) < 4.78 is 0. The molecule has 3 rings (SSSR count). The molecule has 0 atom stereocenters. The molecular weight excluding hydrogens is 286 g/mol. The molecule has 1 nitrogen and oxygen atoms in total. The van der Waals surface area contributed by atoms with Gasteiger partial charge < -0.3 is 5.32 Å². The largest absolute Gasteiger partial charge is 0.381 e. The molecule has 0 amide bonds. The van der Waals surface area contributed by atoms with Crippen molar-refractivity contribution in [2.24, 2.45) is 0 Å². The van der Waals surface area contributed by atoms with E-state index in [1.165, 1.54) is 29.0 Å². The van der Waals surface area contributed by atoms with Gasteiger partial charge in [-0.15, -0.1) is 11.8 Å². The van der Waals surface area contributed by atoms with E-state index in [9.17, 15) is 0 Å². The number of halogens is 1. The van der Waals surface area contributed by atoms with Crippen LogP contribution in [-0.2, 0) is 0 Å². The van der Waals surface area contributed by atoms with E-state index in [2.05, 4.69) is 48.0 Å². The lowest BCUT2D eigenvalue weighted by Gasteiger charge is -2.37. The third-order valence-electron chi connectivity index (χ3n) is 3.95. The van der Waals surface area contributed by atoms with E-state index in [0.717, 1.165) is 5.02 Å². The number of rotatable bonds is 4. The Kier molecular flexibility index (Phi) is 4.23. The quantitative estimate of drug-likeness (QED) is 0.757. The summed E-state index contributed by atoms with van der Waals surface area (Å²) >= 11 is 7.73. The molecule has 104 valence electrons. The van der Waals surface area contributed by atoms with Crippen molar-refractivity contribution in [3.63, 3.8) is 0 Å². The lowest BCUT2D eigenvalue weighted by Crippen LogP contribution is -2.34. The number of benzene rings is 2. The van der Waals surface area contributed by atoms with Crippen LogP contribution in [0.5, 0.6) is 0 Å². The average molecular weight is 304 g/mol. The van der Waals surface area contributed by atoms with Crippen molar-refractivity contribution < 1.29 is 0 Å². The van der Waals surface area contributed by atoms with Crippen LogP contribution in [0.4, 0.5) is 5.69 Å². The van der Waals surface area contributed by atoms with Gasteiger partial charge in [-0.25, -0.2) is 0 Å². The average Bonchev–Trinajstić information content (AvgIpc) is 2.44. The predicted octanol–water partition coefficient (Wildman–Crippen LogP) is 5.42. The molecule has 0 bridgehead atoms. The number of thioether (sulfide) groups is 1. The number of anilines is 1. The molecule has 0 unspecified atom stereocenters. The van der Waals surface area contributed by atoms with Gasteiger partial charge in [0.05, 0.1) is 0 Å². The first-order valence-corrected chi connectivity index (χ1v) is 8.51. The second-order valence-corrected chi connectivity index (χ2v) is 6.55. The molecule has 1 aliphatic rings. The van der Waals surface area contributed by atoms with Crippen LogP contribution in [0.2, 0.25) is 5.02 Å². The van der Waals surface area contributed by atoms with E-state index >= 15 is 0 Å². The normalized spacial score (nSPS) is 21.3. The first-order chi connectivity index (χ1) is 9.76. The molecule has 3 heteroatoms. The van der Waals surface area contributed by atoms with Crippen LogP contribution in [0.1, 0.15) is 24.3 Å². The summed E-state index contributed by atoms with van der Waals surface area (Å²) in [6.07, 6.45) is 4.52. The van der Waals surface area contributed by atoms with Crippen molar-refractivity contribution in [1.82, 2.24) is 0 Å². The van der Waals surface area contributed by atoms with Crippen LogP contribution in [0, 0.1) is 0 Å². The zero-order chi connectivity index (χ0) is 13.9. The summed E-state index contributed by atoms with van der Waals surface area (Å²) in [5.41, 5.74) is 2.67. The fourth-order valence-corrected chi connectivity index (χ4v) is 3.41. The van der Waals surface area contributed by atoms with E-state index in [0.29, 0.717) is 12.0 Å². The van der Waals surface area contributed by atoms with Crippen molar-refractivity contribution in [2.45, 2.75) is 29.7 Å². The number of nitrogens with one attached hydrogen (secondary N) is 1. The summed E-state index contributed by atoms with van der Waals surface area (Å²) in [6.45, 7) is 0. The fourth-order valence-electron chi connectivity index (χ4n) is 2.73. The molecule has 0 heterocycles. The molecule has 1 saturated carbocycles. The molecule has 2 aromatic rings. The summed E-state index contributed by atoms with van der Waals surface area (Å²) in [5, 5.41) is 4.48. The SMILES string of the molecule is CSc1ccccc1NC1CC(c2ccc(Cl)cc2)C1. The van der Waals surface area contributed by atoms with Crippen molar-refractivity contribution in [2.75, 3.05) is 11.6 Å². The van der Waals surface area contributed by atoms with Crippen molar-refractivity contribution >= 4 is 29.1 Å². The van der Waals surface area contributed by atoms with E-state index < -0.39 is 0 Å². The molecule has 1 N–H and O–H groups in total. The van der Waals surface area contributed by atoms with Gasteiger partial charge in [-0.05, 0) is 54.8 Å². The zero-order valence-electron chi connectivity index (χ0n) is 11.5. The fraction of sp³-hybridized carbons (Fsp3) is 0.294. The Labute approximate surface area is 129 Å². The van der Waals surface area contributed by atoms with Gasteiger partial charge in [0.15, 0.2) is 0 Å². The van der Waals surface area contributed by atoms with Gasteiger partial charge in [-0.2, -0.15) is 0 Å². The first kappa shape index (κ1) is 13.8. The monoisotopic (exact) mass is 303 g/mol. The maximum atomic E-state index is 5.93. The Hall–Kier alpha value is -1.12. The molecular formula is C17H18ClNS. The lowest BCUT2D eigenvalue weighted by atomic mass is 9.76. The standard InChI is InChI=1S/C17H18ClNS/c1-20-17-5-3-2-4-16(17)19-15-10-13(11-15)12-6-8-14(18)9-7-12/h2-9,13,15,19H,10-11H2,1H3. The minimum atomic E-state index is 0.587. The van der Waals surface area contributed by atoms with Crippen LogP contribution in [0.25, 0.3) is 0 Å². The van der Waals surface area contributed by atoms with E-state index in [-0.39, 0.29) is 0 Å². The highest BCUT2D eigenvalue weighted by atomic mass is 35.5. The Morgan fingerprint density at radius 1 is 1.05 bits per heavy atom. The number of hydrogen-bond acceptors (Lipinski definition) is 2. The Morgan fingerprint density at radius 3 is 2.45 bits per heavy atom. The second kappa shape index (κ2) is 6.11. The molecule has 0 radical (unpaired) electrons. The number of para-hydroxylation sites is 1.